The van der Waals surface area contributed by atoms with Crippen LogP contribution in [0.1, 0.15) is 43.2 Å². The predicted octanol–water partition coefficient (Wildman–Crippen LogP) is 4.59. The van der Waals surface area contributed by atoms with E-state index >= 15 is 0 Å². The first-order chi connectivity index (χ1) is 16.1. The first-order valence-corrected chi connectivity index (χ1v) is 12.2. The predicted molar refractivity (Wildman–Crippen MR) is 134 cm³/mol. The number of benzene rings is 2. The summed E-state index contributed by atoms with van der Waals surface area (Å²) >= 11 is 0. The van der Waals surface area contributed by atoms with E-state index in [0.29, 0.717) is 19.6 Å². The van der Waals surface area contributed by atoms with Crippen LogP contribution in [0.25, 0.3) is 6.08 Å². The highest BCUT2D eigenvalue weighted by atomic mass is 16.2. The van der Waals surface area contributed by atoms with Gasteiger partial charge in [-0.25, -0.2) is 0 Å². The van der Waals surface area contributed by atoms with Gasteiger partial charge in [0, 0.05) is 57.5 Å². The van der Waals surface area contributed by atoms with Gasteiger partial charge < -0.3 is 14.7 Å². The van der Waals surface area contributed by atoms with Crippen molar-refractivity contribution >= 4 is 23.6 Å². The third-order valence-electron chi connectivity index (χ3n) is 6.85. The molecule has 5 nitrogen and oxygen atoms in total. The minimum Gasteiger partial charge on any atom is -0.371 e. The second-order valence-corrected chi connectivity index (χ2v) is 9.21. The molecule has 0 radical (unpaired) electrons. The lowest BCUT2D eigenvalue weighted by Crippen LogP contribution is -2.43. The van der Waals surface area contributed by atoms with Crippen molar-refractivity contribution < 1.29 is 9.59 Å². The van der Waals surface area contributed by atoms with E-state index in [0.717, 1.165) is 31.5 Å². The molecular formula is C28H35N3O2. The third-order valence-corrected chi connectivity index (χ3v) is 6.85. The van der Waals surface area contributed by atoms with E-state index in [1.165, 1.54) is 30.5 Å². The highest BCUT2D eigenvalue weighted by molar-refractivity contribution is 5.92. The van der Waals surface area contributed by atoms with Gasteiger partial charge in [0.15, 0.2) is 0 Å². The Hall–Kier alpha value is -3.08. The fraction of sp³-hybridized carbons (Fsp3) is 0.429. The van der Waals surface area contributed by atoms with E-state index in [-0.39, 0.29) is 17.7 Å². The number of piperidine rings is 2. The third kappa shape index (κ3) is 6.04. The summed E-state index contributed by atoms with van der Waals surface area (Å²) in [7, 11) is 1.91. The molecule has 4 rings (SSSR count). The second-order valence-electron chi connectivity index (χ2n) is 9.21. The Labute approximate surface area is 197 Å². The summed E-state index contributed by atoms with van der Waals surface area (Å²) in [5.74, 6) is 0.197. The Morgan fingerprint density at radius 2 is 1.58 bits per heavy atom. The number of amides is 2. The molecule has 2 heterocycles. The number of rotatable bonds is 6. The maximum absolute atomic E-state index is 13.2. The quantitative estimate of drug-likeness (QED) is 0.611. The first-order valence-electron chi connectivity index (χ1n) is 12.2. The lowest BCUT2D eigenvalue weighted by atomic mass is 9.95. The average Bonchev–Trinajstić information content (AvgIpc) is 2.88. The van der Waals surface area contributed by atoms with Crippen molar-refractivity contribution in [1.29, 1.82) is 0 Å². The zero-order chi connectivity index (χ0) is 23.0. The van der Waals surface area contributed by atoms with Crippen molar-refractivity contribution in [2.45, 2.75) is 38.6 Å². The highest BCUT2D eigenvalue weighted by Gasteiger charge is 2.29. The number of para-hydroxylation sites is 1. The molecule has 0 bridgehead atoms. The monoisotopic (exact) mass is 445 g/mol. The molecule has 2 amide bonds. The molecule has 5 heteroatoms. The zero-order valence-electron chi connectivity index (χ0n) is 19.7. The molecule has 0 saturated carbocycles. The molecular weight excluding hydrogens is 410 g/mol. The van der Waals surface area contributed by atoms with Crippen molar-refractivity contribution in [3.8, 4) is 0 Å². The number of nitrogens with zero attached hydrogens (tertiary/aromatic N) is 3. The van der Waals surface area contributed by atoms with E-state index in [9.17, 15) is 9.59 Å². The van der Waals surface area contributed by atoms with Crippen LogP contribution in [0.5, 0.6) is 0 Å². The topological polar surface area (TPSA) is 43.9 Å². The van der Waals surface area contributed by atoms with Gasteiger partial charge in [-0.1, -0.05) is 48.5 Å². The van der Waals surface area contributed by atoms with Gasteiger partial charge in [-0.05, 0) is 55.4 Å². The average molecular weight is 446 g/mol. The number of carbonyl (C=O) groups is 2. The molecule has 2 aliphatic heterocycles. The van der Waals surface area contributed by atoms with Gasteiger partial charge in [0.25, 0.3) is 0 Å². The summed E-state index contributed by atoms with van der Waals surface area (Å²) in [5, 5.41) is 0. The molecule has 174 valence electrons. The summed E-state index contributed by atoms with van der Waals surface area (Å²) in [6, 6.07) is 18.3. The van der Waals surface area contributed by atoms with Crippen LogP contribution >= 0.6 is 0 Å². The molecule has 2 aromatic rings. The SMILES string of the molecule is CN(Cc1ccccc1N1CCCCC1)C(=O)C1CCN(C(=O)/C=C\c2ccccc2)CC1. The van der Waals surface area contributed by atoms with Gasteiger partial charge in [-0.15, -0.1) is 0 Å². The Morgan fingerprint density at radius 3 is 2.30 bits per heavy atom. The lowest BCUT2D eigenvalue weighted by Gasteiger charge is -2.34. The molecule has 0 atom stereocenters. The van der Waals surface area contributed by atoms with Crippen molar-refractivity contribution in [2.75, 3.05) is 38.1 Å². The van der Waals surface area contributed by atoms with Crippen LogP contribution in [0.3, 0.4) is 0 Å². The van der Waals surface area contributed by atoms with E-state index in [2.05, 4.69) is 29.2 Å². The molecule has 0 aromatic heterocycles. The largest absolute Gasteiger partial charge is 0.371 e. The molecule has 0 spiro atoms. The normalized spacial score (nSPS) is 17.4. The van der Waals surface area contributed by atoms with E-state index in [1.807, 2.05) is 53.3 Å². The maximum Gasteiger partial charge on any atom is 0.246 e. The first kappa shape index (κ1) is 23.1. The maximum atomic E-state index is 13.2. The van der Waals surface area contributed by atoms with E-state index in [1.54, 1.807) is 6.08 Å². The van der Waals surface area contributed by atoms with E-state index in [4.69, 9.17) is 0 Å². The van der Waals surface area contributed by atoms with Crippen molar-refractivity contribution in [1.82, 2.24) is 9.80 Å². The Bertz CT molecular complexity index is 958. The lowest BCUT2D eigenvalue weighted by molar-refractivity contribution is -0.138. The number of likely N-dealkylation sites (tertiary alicyclic amines) is 1. The van der Waals surface area contributed by atoms with Crippen LogP contribution < -0.4 is 4.90 Å². The molecule has 0 N–H and O–H groups in total. The van der Waals surface area contributed by atoms with Gasteiger partial charge >= 0.3 is 0 Å². The van der Waals surface area contributed by atoms with Crippen LogP contribution in [0.2, 0.25) is 0 Å². The Morgan fingerprint density at radius 1 is 0.909 bits per heavy atom. The summed E-state index contributed by atoms with van der Waals surface area (Å²) < 4.78 is 0. The van der Waals surface area contributed by atoms with E-state index < -0.39 is 0 Å². The van der Waals surface area contributed by atoms with Gasteiger partial charge in [0.05, 0.1) is 0 Å². The summed E-state index contributed by atoms with van der Waals surface area (Å²) in [6.07, 6.45) is 8.72. The second kappa shape index (κ2) is 11.2. The standard InChI is InChI=1S/C28H35N3O2/c1-29(22-25-12-6-7-13-26(25)30-18-8-3-9-19-30)28(33)24-16-20-31(21-17-24)27(32)15-14-23-10-4-2-5-11-23/h2,4-7,10-15,24H,3,8-9,16-22H2,1H3/b15-14-. The van der Waals surface area contributed by atoms with Gasteiger partial charge in [-0.2, -0.15) is 0 Å². The van der Waals surface area contributed by atoms with Gasteiger partial charge in [0.1, 0.15) is 0 Å². The molecule has 2 saturated heterocycles. The zero-order valence-corrected chi connectivity index (χ0v) is 19.7. The van der Waals surface area contributed by atoms with Crippen LogP contribution in [0, 0.1) is 5.92 Å². The number of hydrogen-bond acceptors (Lipinski definition) is 3. The fourth-order valence-electron chi connectivity index (χ4n) is 4.92. The fourth-order valence-corrected chi connectivity index (χ4v) is 4.92. The van der Waals surface area contributed by atoms with Crippen molar-refractivity contribution in [3.63, 3.8) is 0 Å². The molecule has 2 aliphatic rings. The summed E-state index contributed by atoms with van der Waals surface area (Å²) in [6.45, 7) is 4.09. The number of anilines is 1. The Kier molecular flexibility index (Phi) is 7.82. The van der Waals surface area contributed by atoms with Crippen molar-refractivity contribution in [3.05, 3.63) is 71.8 Å². The van der Waals surface area contributed by atoms with Gasteiger partial charge in [0.2, 0.25) is 11.8 Å². The Balaban J connectivity index is 1.30. The van der Waals surface area contributed by atoms with Crippen LogP contribution in [-0.4, -0.2) is 54.8 Å². The minimum absolute atomic E-state index is 0.0145. The summed E-state index contributed by atoms with van der Waals surface area (Å²) in [4.78, 5) is 31.9. The van der Waals surface area contributed by atoms with Gasteiger partial charge in [-0.3, -0.25) is 9.59 Å². The van der Waals surface area contributed by atoms with Crippen LogP contribution in [-0.2, 0) is 16.1 Å². The summed E-state index contributed by atoms with van der Waals surface area (Å²) in [5.41, 5.74) is 3.50. The minimum atomic E-state index is -0.0145. The highest BCUT2D eigenvalue weighted by Crippen LogP contribution is 2.26. The molecule has 0 unspecified atom stereocenters. The number of carbonyl (C=O) groups excluding carboxylic acids is 2. The molecule has 33 heavy (non-hydrogen) atoms. The number of hydrogen-bond donors (Lipinski definition) is 0. The smallest absolute Gasteiger partial charge is 0.246 e. The van der Waals surface area contributed by atoms with Crippen LogP contribution in [0.15, 0.2) is 60.7 Å². The van der Waals surface area contributed by atoms with Crippen LogP contribution in [0.4, 0.5) is 5.69 Å². The molecule has 2 aromatic carbocycles. The molecule has 2 fully saturated rings. The molecule has 0 aliphatic carbocycles. The van der Waals surface area contributed by atoms with Crippen molar-refractivity contribution in [2.24, 2.45) is 5.92 Å².